The van der Waals surface area contributed by atoms with Crippen molar-refractivity contribution in [1.29, 1.82) is 0 Å². The number of hydrogen-bond donors (Lipinski definition) is 1. The van der Waals surface area contributed by atoms with Crippen LogP contribution in [0.3, 0.4) is 0 Å². The van der Waals surface area contributed by atoms with Crippen LogP contribution in [0.25, 0.3) is 5.69 Å². The summed E-state index contributed by atoms with van der Waals surface area (Å²) in [5, 5.41) is 7.44. The van der Waals surface area contributed by atoms with E-state index in [1.54, 1.807) is 0 Å². The molecule has 96 valence electrons. The maximum Gasteiger partial charge on any atom is 0.416 e. The zero-order valence-electron chi connectivity index (χ0n) is 8.95. The van der Waals surface area contributed by atoms with E-state index in [2.05, 4.69) is 26.2 Å². The fourth-order valence-corrected chi connectivity index (χ4v) is 1.87. The molecule has 8 heteroatoms. The maximum absolute atomic E-state index is 12.6. The SMILES string of the molecule is NCc1cn(-c2cc(Br)cc(C(F)(F)F)c2)nn1. The first-order chi connectivity index (χ1) is 8.40. The molecule has 0 aliphatic rings. The summed E-state index contributed by atoms with van der Waals surface area (Å²) in [6.45, 7) is 0.181. The van der Waals surface area contributed by atoms with Gasteiger partial charge in [0, 0.05) is 11.0 Å². The highest BCUT2D eigenvalue weighted by Crippen LogP contribution is 2.32. The third-order valence-corrected chi connectivity index (χ3v) is 2.68. The molecular formula is C10H8BrF3N4. The summed E-state index contributed by atoms with van der Waals surface area (Å²) in [6, 6.07) is 3.52. The lowest BCUT2D eigenvalue weighted by atomic mass is 10.2. The van der Waals surface area contributed by atoms with Crippen LogP contribution in [0.5, 0.6) is 0 Å². The second-order valence-electron chi connectivity index (χ2n) is 3.55. The minimum atomic E-state index is -4.41. The lowest BCUT2D eigenvalue weighted by molar-refractivity contribution is -0.137. The minimum Gasteiger partial charge on any atom is -0.325 e. The summed E-state index contributed by atoms with van der Waals surface area (Å²) in [5.74, 6) is 0. The summed E-state index contributed by atoms with van der Waals surface area (Å²) in [5.41, 5.74) is 5.38. The number of aromatic nitrogens is 3. The van der Waals surface area contributed by atoms with Crippen molar-refractivity contribution in [2.24, 2.45) is 5.73 Å². The zero-order chi connectivity index (χ0) is 13.3. The standard InChI is InChI=1S/C10H8BrF3N4/c11-7-1-6(10(12,13)14)2-9(3-7)18-5-8(4-15)16-17-18/h1-3,5H,4,15H2. The van der Waals surface area contributed by atoms with Gasteiger partial charge in [-0.2, -0.15) is 13.2 Å². The van der Waals surface area contributed by atoms with Crippen LogP contribution in [0.1, 0.15) is 11.3 Å². The molecule has 0 radical (unpaired) electrons. The van der Waals surface area contributed by atoms with E-state index in [9.17, 15) is 13.2 Å². The summed E-state index contributed by atoms with van der Waals surface area (Å²) >= 11 is 3.04. The van der Waals surface area contributed by atoms with Crippen molar-refractivity contribution < 1.29 is 13.2 Å². The molecule has 0 saturated carbocycles. The monoisotopic (exact) mass is 320 g/mol. The molecule has 0 unspecified atom stereocenters. The highest BCUT2D eigenvalue weighted by Gasteiger charge is 2.31. The van der Waals surface area contributed by atoms with Gasteiger partial charge in [0.15, 0.2) is 0 Å². The van der Waals surface area contributed by atoms with Gasteiger partial charge < -0.3 is 5.73 Å². The molecule has 0 spiro atoms. The molecule has 0 aliphatic heterocycles. The van der Waals surface area contributed by atoms with Crippen LogP contribution in [0.15, 0.2) is 28.9 Å². The fraction of sp³-hybridized carbons (Fsp3) is 0.200. The topological polar surface area (TPSA) is 56.7 Å². The predicted molar refractivity (Wildman–Crippen MR) is 62.0 cm³/mol. The van der Waals surface area contributed by atoms with E-state index in [4.69, 9.17) is 5.73 Å². The van der Waals surface area contributed by atoms with Crippen LogP contribution < -0.4 is 5.73 Å². The number of nitrogens with two attached hydrogens (primary N) is 1. The van der Waals surface area contributed by atoms with Gasteiger partial charge in [-0.3, -0.25) is 0 Å². The number of hydrogen-bond acceptors (Lipinski definition) is 3. The molecule has 0 fully saturated rings. The van der Waals surface area contributed by atoms with Gasteiger partial charge in [-0.05, 0) is 18.2 Å². The average Bonchev–Trinajstić information content (AvgIpc) is 2.75. The Labute approximate surface area is 109 Å². The van der Waals surface area contributed by atoms with Gasteiger partial charge >= 0.3 is 6.18 Å². The quantitative estimate of drug-likeness (QED) is 0.925. The summed E-state index contributed by atoms with van der Waals surface area (Å²) < 4.78 is 39.5. The lowest BCUT2D eigenvalue weighted by Crippen LogP contribution is -2.06. The Bertz CT molecular complexity index is 564. The molecule has 0 amide bonds. The first-order valence-electron chi connectivity index (χ1n) is 4.89. The smallest absolute Gasteiger partial charge is 0.325 e. The molecule has 18 heavy (non-hydrogen) atoms. The summed E-state index contributed by atoms with van der Waals surface area (Å²) in [6.07, 6.45) is -2.92. The van der Waals surface area contributed by atoms with Crippen LogP contribution in [-0.2, 0) is 12.7 Å². The zero-order valence-corrected chi connectivity index (χ0v) is 10.5. The second kappa shape index (κ2) is 4.69. The van der Waals surface area contributed by atoms with Gasteiger partial charge in [0.2, 0.25) is 0 Å². The van der Waals surface area contributed by atoms with Crippen LogP contribution in [0.2, 0.25) is 0 Å². The Morgan fingerprint density at radius 2 is 2.00 bits per heavy atom. The molecule has 0 atom stereocenters. The Hall–Kier alpha value is -1.41. The third kappa shape index (κ3) is 2.70. The molecular weight excluding hydrogens is 313 g/mol. The van der Waals surface area contributed by atoms with Gasteiger partial charge in [0.25, 0.3) is 0 Å². The van der Waals surface area contributed by atoms with Gasteiger partial charge in [0.1, 0.15) is 0 Å². The summed E-state index contributed by atoms with van der Waals surface area (Å²) in [4.78, 5) is 0. The molecule has 0 saturated heterocycles. The van der Waals surface area contributed by atoms with Gasteiger partial charge in [-0.15, -0.1) is 5.10 Å². The highest BCUT2D eigenvalue weighted by atomic mass is 79.9. The van der Waals surface area contributed by atoms with E-state index in [0.29, 0.717) is 10.2 Å². The van der Waals surface area contributed by atoms with Crippen LogP contribution in [0, 0.1) is 0 Å². The second-order valence-corrected chi connectivity index (χ2v) is 4.47. The van der Waals surface area contributed by atoms with E-state index < -0.39 is 11.7 Å². The highest BCUT2D eigenvalue weighted by molar-refractivity contribution is 9.10. The van der Waals surface area contributed by atoms with E-state index in [1.165, 1.54) is 16.9 Å². The molecule has 0 aliphatic carbocycles. The molecule has 2 rings (SSSR count). The van der Waals surface area contributed by atoms with Crippen molar-refractivity contribution in [2.45, 2.75) is 12.7 Å². The molecule has 1 aromatic carbocycles. The number of benzene rings is 1. The van der Waals surface area contributed by atoms with Crippen LogP contribution >= 0.6 is 15.9 Å². The molecule has 1 heterocycles. The molecule has 0 bridgehead atoms. The van der Waals surface area contributed by atoms with Crippen molar-refractivity contribution in [3.63, 3.8) is 0 Å². The first-order valence-corrected chi connectivity index (χ1v) is 5.69. The van der Waals surface area contributed by atoms with Crippen molar-refractivity contribution in [2.75, 3.05) is 0 Å². The van der Waals surface area contributed by atoms with Crippen molar-refractivity contribution in [3.8, 4) is 5.69 Å². The fourth-order valence-electron chi connectivity index (χ4n) is 1.39. The molecule has 1 aromatic heterocycles. The van der Waals surface area contributed by atoms with Crippen molar-refractivity contribution in [3.05, 3.63) is 40.1 Å². The predicted octanol–water partition coefficient (Wildman–Crippen LogP) is 2.51. The third-order valence-electron chi connectivity index (χ3n) is 2.22. The normalized spacial score (nSPS) is 11.8. The van der Waals surface area contributed by atoms with Gasteiger partial charge in [0.05, 0.1) is 23.1 Å². The maximum atomic E-state index is 12.6. The van der Waals surface area contributed by atoms with E-state index in [0.717, 1.165) is 12.1 Å². The van der Waals surface area contributed by atoms with Crippen molar-refractivity contribution >= 4 is 15.9 Å². The average molecular weight is 321 g/mol. The molecule has 4 nitrogen and oxygen atoms in total. The van der Waals surface area contributed by atoms with E-state index in [1.807, 2.05) is 0 Å². The van der Waals surface area contributed by atoms with Gasteiger partial charge in [-0.1, -0.05) is 21.1 Å². The number of halogens is 4. The largest absolute Gasteiger partial charge is 0.416 e. The first kappa shape index (κ1) is 13.0. The van der Waals surface area contributed by atoms with E-state index >= 15 is 0 Å². The number of alkyl halides is 3. The number of rotatable bonds is 2. The summed E-state index contributed by atoms with van der Waals surface area (Å²) in [7, 11) is 0. The molecule has 2 aromatic rings. The van der Waals surface area contributed by atoms with Crippen molar-refractivity contribution in [1.82, 2.24) is 15.0 Å². The van der Waals surface area contributed by atoms with Crippen LogP contribution in [-0.4, -0.2) is 15.0 Å². The Kier molecular flexibility index (Phi) is 3.40. The number of nitrogens with zero attached hydrogens (tertiary/aromatic N) is 3. The Balaban J connectivity index is 2.48. The molecule has 2 N–H and O–H groups in total. The minimum absolute atomic E-state index is 0.181. The van der Waals surface area contributed by atoms with Crippen LogP contribution in [0.4, 0.5) is 13.2 Å². The van der Waals surface area contributed by atoms with E-state index in [-0.39, 0.29) is 12.2 Å². The Morgan fingerprint density at radius 1 is 1.28 bits per heavy atom. The van der Waals surface area contributed by atoms with Gasteiger partial charge in [-0.25, -0.2) is 4.68 Å². The lowest BCUT2D eigenvalue weighted by Gasteiger charge is -2.09. The Morgan fingerprint density at radius 3 is 2.56 bits per heavy atom.